The molecule has 0 spiro atoms. The van der Waals surface area contributed by atoms with E-state index in [1.807, 2.05) is 24.5 Å². The molecule has 0 radical (unpaired) electrons. The summed E-state index contributed by atoms with van der Waals surface area (Å²) in [6.45, 7) is 1.34. The summed E-state index contributed by atoms with van der Waals surface area (Å²) in [6.07, 6.45) is 10.8. The Morgan fingerprint density at radius 3 is 2.85 bits per heavy atom. The van der Waals surface area contributed by atoms with Crippen LogP contribution in [0.1, 0.15) is 17.7 Å². The maximum absolute atomic E-state index is 12.2. The van der Waals surface area contributed by atoms with Crippen LogP contribution in [0.15, 0.2) is 47.6 Å². The van der Waals surface area contributed by atoms with Gasteiger partial charge in [0.15, 0.2) is 6.19 Å². The van der Waals surface area contributed by atoms with Gasteiger partial charge >= 0.3 is 0 Å². The van der Waals surface area contributed by atoms with Gasteiger partial charge in [-0.15, -0.1) is 11.8 Å². The third-order valence-corrected chi connectivity index (χ3v) is 4.76. The summed E-state index contributed by atoms with van der Waals surface area (Å²) in [5.41, 5.74) is 2.73. The van der Waals surface area contributed by atoms with Gasteiger partial charge in [0.05, 0.1) is 18.7 Å². The quantitative estimate of drug-likeness (QED) is 0.648. The van der Waals surface area contributed by atoms with Crippen molar-refractivity contribution in [3.8, 4) is 6.19 Å². The molecule has 1 N–H and O–H groups in total. The van der Waals surface area contributed by atoms with Crippen molar-refractivity contribution in [3.05, 3.63) is 54.0 Å². The van der Waals surface area contributed by atoms with Gasteiger partial charge in [-0.3, -0.25) is 9.78 Å². The second kappa shape index (κ2) is 8.50. The lowest BCUT2D eigenvalue weighted by Crippen LogP contribution is -2.24. The molecule has 6 nitrogen and oxygen atoms in total. The van der Waals surface area contributed by atoms with E-state index in [0.29, 0.717) is 12.4 Å². The number of nitriles is 1. The highest BCUT2D eigenvalue weighted by molar-refractivity contribution is 7.98. The molecule has 132 valence electrons. The Balaban J connectivity index is 1.59. The first-order chi connectivity index (χ1) is 12.7. The number of nitrogens with one attached hydrogen (secondary N) is 1. The van der Waals surface area contributed by atoms with Gasteiger partial charge in [-0.05, 0) is 42.0 Å². The molecule has 0 saturated carbocycles. The molecule has 3 rings (SSSR count). The molecule has 2 aromatic rings. The van der Waals surface area contributed by atoms with Crippen molar-refractivity contribution in [3.63, 3.8) is 0 Å². The number of thioether (sulfide) groups is 1. The van der Waals surface area contributed by atoms with E-state index in [1.165, 1.54) is 0 Å². The number of hydrogen-bond donors (Lipinski definition) is 1. The molecule has 1 amide bonds. The minimum atomic E-state index is -0.128. The van der Waals surface area contributed by atoms with E-state index in [2.05, 4.69) is 27.6 Å². The highest BCUT2D eigenvalue weighted by Crippen LogP contribution is 2.19. The van der Waals surface area contributed by atoms with Gasteiger partial charge in [0, 0.05) is 23.8 Å². The van der Waals surface area contributed by atoms with Crippen LogP contribution < -0.4 is 5.32 Å². The van der Waals surface area contributed by atoms with Gasteiger partial charge < -0.3 is 10.2 Å². The van der Waals surface area contributed by atoms with Crippen LogP contribution >= 0.6 is 11.8 Å². The van der Waals surface area contributed by atoms with Crippen LogP contribution in [0.4, 0.5) is 5.82 Å². The van der Waals surface area contributed by atoms with Crippen LogP contribution in [0.25, 0.3) is 5.57 Å². The fourth-order valence-corrected chi connectivity index (χ4v) is 3.04. The normalized spacial score (nSPS) is 13.7. The Morgan fingerprint density at radius 2 is 2.19 bits per heavy atom. The van der Waals surface area contributed by atoms with E-state index in [0.717, 1.165) is 34.7 Å². The largest absolute Gasteiger partial charge is 0.310 e. The van der Waals surface area contributed by atoms with Gasteiger partial charge in [-0.25, -0.2) is 4.98 Å². The van der Waals surface area contributed by atoms with Crippen LogP contribution in [0.5, 0.6) is 0 Å². The molecule has 0 saturated heterocycles. The molecule has 0 atom stereocenters. The van der Waals surface area contributed by atoms with Crippen LogP contribution in [0, 0.1) is 11.5 Å². The summed E-state index contributed by atoms with van der Waals surface area (Å²) >= 11 is 1.60. The zero-order valence-electron chi connectivity index (χ0n) is 14.5. The Morgan fingerprint density at radius 1 is 1.31 bits per heavy atom. The van der Waals surface area contributed by atoms with Gasteiger partial charge in [-0.2, -0.15) is 5.26 Å². The number of rotatable bonds is 5. The van der Waals surface area contributed by atoms with Crippen molar-refractivity contribution in [2.75, 3.05) is 24.7 Å². The standard InChI is InChI=1S/C19H19N5OS/c1-26-16-5-7-18(22-11-16)23-19(25)9-14-4-6-17(21-10-14)15-3-2-8-24(12-15)13-20/h3-7,10-11H,2,8-9,12H2,1H3,(H,22,23,25). The van der Waals surface area contributed by atoms with Crippen LogP contribution in [0.2, 0.25) is 0 Å². The van der Waals surface area contributed by atoms with Crippen LogP contribution in [0.3, 0.4) is 0 Å². The van der Waals surface area contributed by atoms with E-state index in [1.54, 1.807) is 35.1 Å². The second-order valence-corrected chi connectivity index (χ2v) is 6.78. The Hall–Kier alpha value is -2.85. The van der Waals surface area contributed by atoms with Gasteiger partial charge in [0.1, 0.15) is 5.82 Å². The van der Waals surface area contributed by atoms with Crippen molar-refractivity contribution in [2.45, 2.75) is 17.7 Å². The zero-order chi connectivity index (χ0) is 18.4. The van der Waals surface area contributed by atoms with E-state index in [4.69, 9.17) is 5.26 Å². The average Bonchev–Trinajstić information content (AvgIpc) is 2.69. The average molecular weight is 365 g/mol. The van der Waals surface area contributed by atoms with Gasteiger partial charge in [0.2, 0.25) is 5.91 Å². The first-order valence-electron chi connectivity index (χ1n) is 8.27. The molecule has 0 bridgehead atoms. The lowest BCUT2D eigenvalue weighted by molar-refractivity contribution is -0.115. The Labute approximate surface area is 157 Å². The number of nitrogens with zero attached hydrogens (tertiary/aromatic N) is 4. The number of carbonyl (C=O) groups excluding carboxylic acids is 1. The molecule has 7 heteroatoms. The summed E-state index contributed by atoms with van der Waals surface area (Å²) in [5.74, 6) is 0.415. The summed E-state index contributed by atoms with van der Waals surface area (Å²) in [7, 11) is 0. The summed E-state index contributed by atoms with van der Waals surface area (Å²) in [4.78, 5) is 23.6. The van der Waals surface area contributed by atoms with Crippen LogP contribution in [-0.2, 0) is 11.2 Å². The Kier molecular flexibility index (Phi) is 5.87. The van der Waals surface area contributed by atoms with E-state index in [9.17, 15) is 4.79 Å². The molecule has 3 heterocycles. The number of hydrogen-bond acceptors (Lipinski definition) is 6. The number of amides is 1. The van der Waals surface area contributed by atoms with E-state index in [-0.39, 0.29) is 12.3 Å². The van der Waals surface area contributed by atoms with Crippen molar-refractivity contribution in [2.24, 2.45) is 0 Å². The smallest absolute Gasteiger partial charge is 0.230 e. The van der Waals surface area contributed by atoms with Gasteiger partial charge in [-0.1, -0.05) is 12.1 Å². The first kappa shape index (κ1) is 18.0. The summed E-state index contributed by atoms with van der Waals surface area (Å²) in [5, 5.41) is 11.8. The number of aromatic nitrogens is 2. The van der Waals surface area contributed by atoms with E-state index >= 15 is 0 Å². The zero-order valence-corrected chi connectivity index (χ0v) is 15.3. The molecule has 0 fully saturated rings. The fraction of sp³-hybridized carbons (Fsp3) is 0.263. The second-order valence-electron chi connectivity index (χ2n) is 5.90. The number of carbonyl (C=O) groups is 1. The Bertz CT molecular complexity index is 840. The molecule has 1 aliphatic heterocycles. The molecular weight excluding hydrogens is 346 g/mol. The molecule has 2 aromatic heterocycles. The van der Waals surface area contributed by atoms with Gasteiger partial charge in [0.25, 0.3) is 0 Å². The fourth-order valence-electron chi connectivity index (χ4n) is 2.68. The summed E-state index contributed by atoms with van der Waals surface area (Å²) in [6, 6.07) is 7.52. The monoisotopic (exact) mass is 365 g/mol. The van der Waals surface area contributed by atoms with Crippen molar-refractivity contribution >= 4 is 29.1 Å². The van der Waals surface area contributed by atoms with Crippen LogP contribution in [-0.4, -0.2) is 40.1 Å². The first-order valence-corrected chi connectivity index (χ1v) is 9.49. The van der Waals surface area contributed by atoms with Crippen molar-refractivity contribution < 1.29 is 4.79 Å². The highest BCUT2D eigenvalue weighted by atomic mass is 32.2. The predicted molar refractivity (Wildman–Crippen MR) is 102 cm³/mol. The lowest BCUT2D eigenvalue weighted by atomic mass is 10.1. The SMILES string of the molecule is CSc1ccc(NC(=O)Cc2ccc(C3=CCCN(C#N)C3)nc2)nc1. The topological polar surface area (TPSA) is 81.9 Å². The third-order valence-electron chi connectivity index (χ3n) is 4.05. The molecule has 0 aliphatic carbocycles. The minimum absolute atomic E-state index is 0.128. The lowest BCUT2D eigenvalue weighted by Gasteiger charge is -2.21. The maximum atomic E-state index is 12.2. The highest BCUT2D eigenvalue weighted by Gasteiger charge is 2.13. The molecular formula is C19H19N5OS. The molecule has 26 heavy (non-hydrogen) atoms. The van der Waals surface area contributed by atoms with Crippen molar-refractivity contribution in [1.29, 1.82) is 5.26 Å². The van der Waals surface area contributed by atoms with Crippen molar-refractivity contribution in [1.82, 2.24) is 14.9 Å². The molecule has 0 aromatic carbocycles. The third kappa shape index (κ3) is 4.61. The van der Waals surface area contributed by atoms with E-state index < -0.39 is 0 Å². The minimum Gasteiger partial charge on any atom is -0.310 e. The maximum Gasteiger partial charge on any atom is 0.230 e. The summed E-state index contributed by atoms with van der Waals surface area (Å²) < 4.78 is 0. The molecule has 1 aliphatic rings. The predicted octanol–water partition coefficient (Wildman–Crippen LogP) is 2.95. The number of anilines is 1. The molecule has 0 unspecified atom stereocenters. The number of pyridine rings is 2.